The molecule has 0 aliphatic heterocycles. The van der Waals surface area contributed by atoms with E-state index in [0.29, 0.717) is 17.5 Å². The van der Waals surface area contributed by atoms with Gasteiger partial charge in [0.25, 0.3) is 0 Å². The molecule has 0 fully saturated rings. The molecule has 0 heterocycles. The molecule has 158 valence electrons. The number of nitrogens with one attached hydrogen (secondary N) is 1. The molecule has 0 spiro atoms. The van der Waals surface area contributed by atoms with E-state index >= 15 is 0 Å². The van der Waals surface area contributed by atoms with Crippen molar-refractivity contribution >= 4 is 17.7 Å². The minimum absolute atomic E-state index is 0. The van der Waals surface area contributed by atoms with Gasteiger partial charge in [0.2, 0.25) is 0 Å². The van der Waals surface area contributed by atoms with Crippen molar-refractivity contribution in [3.05, 3.63) is 35.4 Å². The Morgan fingerprint density at radius 1 is 1.17 bits per heavy atom. The largest absolute Gasteiger partial charge is 1.00 e. The average molecular weight is 410 g/mol. The Bertz CT molecular complexity index is 743. The first-order chi connectivity index (χ1) is 12.7. The van der Waals surface area contributed by atoms with Crippen LogP contribution in [0.1, 0.15) is 39.7 Å². The van der Waals surface area contributed by atoms with Gasteiger partial charge in [0.05, 0.1) is 5.54 Å². The van der Waals surface area contributed by atoms with Gasteiger partial charge >= 0.3 is 36.9 Å². The maximum absolute atomic E-state index is 12.6. The van der Waals surface area contributed by atoms with Gasteiger partial charge in [-0.25, -0.2) is 4.79 Å². The summed E-state index contributed by atoms with van der Waals surface area (Å²) in [4.78, 5) is 35.0. The second-order valence-corrected chi connectivity index (χ2v) is 7.45. The number of nitrogens with two attached hydrogens (primary N) is 1. The Morgan fingerprint density at radius 3 is 2.14 bits per heavy atom. The fourth-order valence-corrected chi connectivity index (χ4v) is 2.93. The molecule has 0 saturated heterocycles. The number of aliphatic carboxylic acids is 1. The summed E-state index contributed by atoms with van der Waals surface area (Å²) in [5.74, 6) is -4.02. The van der Waals surface area contributed by atoms with Crippen LogP contribution < -0.4 is 29.9 Å². The van der Waals surface area contributed by atoms with Crippen molar-refractivity contribution in [2.45, 2.75) is 57.8 Å². The molecular formula is C19H26F3LiN2O4. The van der Waals surface area contributed by atoms with E-state index in [2.05, 4.69) is 0 Å². The molecule has 6 nitrogen and oxygen atoms in total. The summed E-state index contributed by atoms with van der Waals surface area (Å²) in [7, 11) is 0. The van der Waals surface area contributed by atoms with E-state index < -0.39 is 36.1 Å². The van der Waals surface area contributed by atoms with Crippen molar-refractivity contribution in [2.24, 2.45) is 11.7 Å². The molecule has 2 atom stereocenters. The normalized spacial score (nSPS) is 14.5. The molecule has 1 amide bonds. The zero-order valence-corrected chi connectivity index (χ0v) is 17.0. The summed E-state index contributed by atoms with van der Waals surface area (Å²) in [6.07, 6.45) is -5.23. The van der Waals surface area contributed by atoms with E-state index in [1.165, 1.54) is 11.4 Å². The SMILES string of the molecule is CC(C)CC(C)(N)C(=O)Cc1ccccc1CC(NC(=O)C(F)(F)F)C(=O)O.[H-].[Li+]. The molecule has 1 aromatic carbocycles. The van der Waals surface area contributed by atoms with E-state index in [-0.39, 0.29) is 38.4 Å². The second kappa shape index (κ2) is 10.8. The van der Waals surface area contributed by atoms with Gasteiger partial charge in [0.1, 0.15) is 6.04 Å². The number of Topliss-reactive ketones (excluding diaryl/α,β-unsaturated/α-hetero) is 1. The third kappa shape index (κ3) is 8.60. The average Bonchev–Trinajstić information content (AvgIpc) is 2.53. The van der Waals surface area contributed by atoms with Gasteiger partial charge in [-0.2, -0.15) is 13.2 Å². The minimum atomic E-state index is -5.19. The van der Waals surface area contributed by atoms with Crippen molar-refractivity contribution in [2.75, 3.05) is 0 Å². The van der Waals surface area contributed by atoms with E-state index in [1.54, 1.807) is 25.1 Å². The number of hydrogen-bond acceptors (Lipinski definition) is 4. The van der Waals surface area contributed by atoms with E-state index in [4.69, 9.17) is 5.73 Å². The number of carboxylic acid groups (broad SMARTS) is 1. The molecule has 1 rings (SSSR count). The van der Waals surface area contributed by atoms with Crippen LogP contribution in [0, 0.1) is 5.92 Å². The number of hydrogen-bond donors (Lipinski definition) is 3. The maximum atomic E-state index is 12.6. The van der Waals surface area contributed by atoms with E-state index in [0.717, 1.165) is 0 Å². The summed E-state index contributed by atoms with van der Waals surface area (Å²) >= 11 is 0. The summed E-state index contributed by atoms with van der Waals surface area (Å²) < 4.78 is 37.3. The number of amides is 1. The molecule has 1 aromatic rings. The van der Waals surface area contributed by atoms with Crippen LogP contribution in [0.4, 0.5) is 13.2 Å². The number of alkyl halides is 3. The molecule has 0 aromatic heterocycles. The third-order valence-electron chi connectivity index (χ3n) is 4.22. The standard InChI is InChI=1S/C19H25F3N2O4.Li.H/c1-11(2)10-18(3,23)15(25)9-13-7-5-4-6-12(13)8-14(16(26)27)24-17(28)19(20,21)22;;/h4-7,11,14H,8-10,23H2,1-3H3,(H,24,28)(H,26,27);;/q;+1;-1. The van der Waals surface area contributed by atoms with Crippen molar-refractivity contribution in [1.29, 1.82) is 0 Å². The molecule has 4 N–H and O–H groups in total. The zero-order chi connectivity index (χ0) is 21.7. The topological polar surface area (TPSA) is 109 Å². The van der Waals surface area contributed by atoms with Crippen LogP contribution in [-0.2, 0) is 27.2 Å². The first-order valence-corrected chi connectivity index (χ1v) is 8.73. The van der Waals surface area contributed by atoms with Gasteiger partial charge in [-0.05, 0) is 30.4 Å². The van der Waals surface area contributed by atoms with Crippen molar-refractivity contribution < 1.29 is 52.9 Å². The Morgan fingerprint density at radius 2 is 1.69 bits per heavy atom. The summed E-state index contributed by atoms with van der Waals surface area (Å²) in [5, 5.41) is 10.7. The Labute approximate surface area is 181 Å². The van der Waals surface area contributed by atoms with Crippen molar-refractivity contribution in [1.82, 2.24) is 5.32 Å². The van der Waals surface area contributed by atoms with Crippen molar-refractivity contribution in [3.63, 3.8) is 0 Å². The second-order valence-electron chi connectivity index (χ2n) is 7.45. The van der Waals surface area contributed by atoms with Crippen molar-refractivity contribution in [3.8, 4) is 0 Å². The summed E-state index contributed by atoms with van der Waals surface area (Å²) in [6.45, 7) is 5.46. The predicted molar refractivity (Wildman–Crippen MR) is 97.6 cm³/mol. The van der Waals surface area contributed by atoms with Gasteiger partial charge in [-0.1, -0.05) is 38.1 Å². The fraction of sp³-hybridized carbons (Fsp3) is 0.526. The van der Waals surface area contributed by atoms with Crippen LogP contribution >= 0.6 is 0 Å². The van der Waals surface area contributed by atoms with Crippen LogP contribution in [0.25, 0.3) is 0 Å². The number of benzene rings is 1. The fourth-order valence-electron chi connectivity index (χ4n) is 2.93. The number of halogens is 3. The zero-order valence-electron chi connectivity index (χ0n) is 18.0. The first kappa shape index (κ1) is 27.2. The molecule has 0 aliphatic carbocycles. The Balaban J connectivity index is 0. The van der Waals surface area contributed by atoms with Crippen LogP contribution in [0.5, 0.6) is 0 Å². The number of carbonyl (C=O) groups excluding carboxylic acids is 2. The Kier molecular flexibility index (Phi) is 10.1. The maximum Gasteiger partial charge on any atom is 1.00 e. The minimum Gasteiger partial charge on any atom is -1.00 e. The number of carboxylic acids is 1. The molecule has 29 heavy (non-hydrogen) atoms. The smallest absolute Gasteiger partial charge is 1.00 e. The van der Waals surface area contributed by atoms with Gasteiger partial charge in [0.15, 0.2) is 5.78 Å². The van der Waals surface area contributed by atoms with Crippen LogP contribution in [0.15, 0.2) is 24.3 Å². The van der Waals surface area contributed by atoms with Gasteiger partial charge < -0.3 is 17.6 Å². The predicted octanol–water partition coefficient (Wildman–Crippen LogP) is -0.648. The monoisotopic (exact) mass is 410 g/mol. The molecule has 0 saturated carbocycles. The van der Waals surface area contributed by atoms with Gasteiger partial charge in [0, 0.05) is 12.8 Å². The van der Waals surface area contributed by atoms with Crippen LogP contribution in [0.2, 0.25) is 0 Å². The molecule has 0 aliphatic rings. The van der Waals surface area contributed by atoms with E-state index in [1.807, 2.05) is 13.8 Å². The first-order valence-electron chi connectivity index (χ1n) is 8.73. The Hall–Kier alpha value is -1.82. The summed E-state index contributed by atoms with van der Waals surface area (Å²) in [6, 6.07) is 4.51. The van der Waals surface area contributed by atoms with Gasteiger partial charge in [-0.3, -0.25) is 9.59 Å². The van der Waals surface area contributed by atoms with E-state index in [9.17, 15) is 32.7 Å². The molecule has 0 radical (unpaired) electrons. The molecule has 2 unspecified atom stereocenters. The number of carbonyl (C=O) groups is 3. The number of rotatable bonds is 9. The molecule has 0 bridgehead atoms. The molecular weight excluding hydrogens is 384 g/mol. The molecule has 10 heteroatoms. The van der Waals surface area contributed by atoms with Crippen LogP contribution in [0.3, 0.4) is 0 Å². The number of ketones is 1. The summed E-state index contributed by atoms with van der Waals surface area (Å²) in [5.41, 5.74) is 5.82. The quantitative estimate of drug-likeness (QED) is 0.469. The van der Waals surface area contributed by atoms with Crippen LogP contribution in [-0.4, -0.2) is 40.5 Å². The third-order valence-corrected chi connectivity index (χ3v) is 4.22. The van der Waals surface area contributed by atoms with Gasteiger partial charge in [-0.15, -0.1) is 0 Å².